The van der Waals surface area contributed by atoms with Crippen LogP contribution in [0.2, 0.25) is 0 Å². The molecule has 0 aliphatic carbocycles. The van der Waals surface area contributed by atoms with Crippen LogP contribution in [0.15, 0.2) is 18.2 Å². The molecule has 24 heavy (non-hydrogen) atoms. The summed E-state index contributed by atoms with van der Waals surface area (Å²) in [6.07, 6.45) is -3.93. The van der Waals surface area contributed by atoms with Gasteiger partial charge in [-0.1, -0.05) is 6.07 Å². The van der Waals surface area contributed by atoms with Crippen LogP contribution in [0, 0.1) is 5.82 Å². The van der Waals surface area contributed by atoms with Crippen molar-refractivity contribution in [1.82, 2.24) is 10.2 Å². The van der Waals surface area contributed by atoms with Crippen LogP contribution >= 0.6 is 0 Å². The zero-order chi connectivity index (χ0) is 18.0. The topological polar surface area (TPSA) is 64.6 Å². The van der Waals surface area contributed by atoms with Crippen LogP contribution in [0.1, 0.15) is 18.4 Å². The number of hydrogen-bond acceptors (Lipinski definition) is 3. The first-order valence-corrected chi connectivity index (χ1v) is 7.42. The van der Waals surface area contributed by atoms with E-state index in [0.717, 1.165) is 12.1 Å². The van der Waals surface area contributed by atoms with Crippen molar-refractivity contribution in [3.05, 3.63) is 29.6 Å². The van der Waals surface area contributed by atoms with Gasteiger partial charge >= 0.3 is 12.2 Å². The number of alkyl halides is 3. The second kappa shape index (κ2) is 6.94. The monoisotopic (exact) mass is 349 g/mol. The van der Waals surface area contributed by atoms with Crippen molar-refractivity contribution < 1.29 is 27.5 Å². The first-order chi connectivity index (χ1) is 11.1. The van der Waals surface area contributed by atoms with Gasteiger partial charge in [-0.2, -0.15) is 13.2 Å². The molecule has 0 radical (unpaired) electrons. The Bertz CT molecular complexity index is 599. The summed E-state index contributed by atoms with van der Waals surface area (Å²) in [5.74, 6) is -1.54. The molecule has 1 fully saturated rings. The van der Waals surface area contributed by atoms with Crippen LogP contribution in [-0.4, -0.2) is 48.3 Å². The zero-order valence-corrected chi connectivity index (χ0v) is 13.1. The van der Waals surface area contributed by atoms with Crippen molar-refractivity contribution in [2.45, 2.75) is 24.6 Å². The lowest BCUT2D eigenvalue weighted by Crippen LogP contribution is -2.50. The Balaban J connectivity index is 1.96. The van der Waals surface area contributed by atoms with E-state index in [0.29, 0.717) is 32.0 Å². The highest BCUT2D eigenvalue weighted by molar-refractivity contribution is 5.89. The van der Waals surface area contributed by atoms with Gasteiger partial charge in [-0.25, -0.2) is 9.18 Å². The second-order valence-electron chi connectivity index (χ2n) is 6.00. The minimum atomic E-state index is -4.85. The smallest absolute Gasteiger partial charge is 0.388 e. The van der Waals surface area contributed by atoms with Gasteiger partial charge in [0.25, 0.3) is 0 Å². The molecule has 1 heterocycles. The summed E-state index contributed by atoms with van der Waals surface area (Å²) in [6.45, 7) is 1.28. The van der Waals surface area contributed by atoms with E-state index < -0.39 is 34.9 Å². The number of likely N-dealkylation sites (tertiary alicyclic amines) is 1. The first-order valence-electron chi connectivity index (χ1n) is 7.42. The number of nitrogens with zero attached hydrogens (tertiary/aromatic N) is 1. The summed E-state index contributed by atoms with van der Waals surface area (Å²) < 4.78 is 51.7. The highest BCUT2D eigenvalue weighted by atomic mass is 19.4. The molecule has 5 nitrogen and oxygen atoms in total. The number of carbonyl (C=O) groups is 1. The fourth-order valence-corrected chi connectivity index (χ4v) is 2.47. The molecule has 1 aromatic carbocycles. The van der Waals surface area contributed by atoms with Gasteiger partial charge in [-0.3, -0.25) is 0 Å². The predicted octanol–water partition coefficient (Wildman–Crippen LogP) is 2.42. The zero-order valence-electron chi connectivity index (χ0n) is 13.1. The number of piperidine rings is 1. The van der Waals surface area contributed by atoms with Crippen molar-refractivity contribution in [2.75, 3.05) is 32.0 Å². The molecule has 1 aromatic rings. The molecule has 0 bridgehead atoms. The molecule has 3 N–H and O–H groups in total. The van der Waals surface area contributed by atoms with Crippen molar-refractivity contribution in [2.24, 2.45) is 0 Å². The fraction of sp³-hybridized carbons (Fsp3) is 0.533. The number of benzene rings is 1. The van der Waals surface area contributed by atoms with Gasteiger partial charge in [0.1, 0.15) is 0 Å². The molecule has 1 aliphatic heterocycles. The summed E-state index contributed by atoms with van der Waals surface area (Å²) in [4.78, 5) is 13.8. The van der Waals surface area contributed by atoms with Gasteiger partial charge in [-0.15, -0.1) is 0 Å². The normalized spacial score (nSPS) is 18.2. The van der Waals surface area contributed by atoms with Crippen LogP contribution in [0.5, 0.6) is 0 Å². The van der Waals surface area contributed by atoms with E-state index in [-0.39, 0.29) is 6.54 Å². The third-order valence-electron chi connectivity index (χ3n) is 4.05. The third kappa shape index (κ3) is 4.57. The maximum Gasteiger partial charge on any atom is 0.419 e. The standard InChI is InChI=1S/C15H19F4N3O2/c1-22-7-5-14(24,6-8-22)9-20-13(23)21-11-4-2-3-10(12(11)16)15(17,18)19/h2-4,24H,5-9H2,1H3,(H2,20,21,23). The van der Waals surface area contributed by atoms with E-state index in [9.17, 15) is 27.5 Å². The van der Waals surface area contributed by atoms with Crippen LogP contribution in [0.3, 0.4) is 0 Å². The number of anilines is 1. The Labute approximate surface area is 136 Å². The molecule has 0 atom stereocenters. The Morgan fingerprint density at radius 3 is 2.54 bits per heavy atom. The largest absolute Gasteiger partial charge is 0.419 e. The first kappa shape index (κ1) is 18.5. The molecular weight excluding hydrogens is 330 g/mol. The van der Waals surface area contributed by atoms with Crippen molar-refractivity contribution in [1.29, 1.82) is 0 Å². The number of carbonyl (C=O) groups excluding carboxylic acids is 1. The van der Waals surface area contributed by atoms with E-state index >= 15 is 0 Å². The molecule has 2 amide bonds. The molecule has 0 spiro atoms. The van der Waals surface area contributed by atoms with Gasteiger partial charge < -0.3 is 20.6 Å². The predicted molar refractivity (Wildman–Crippen MR) is 80.1 cm³/mol. The Hall–Kier alpha value is -1.87. The number of amides is 2. The molecule has 0 aromatic heterocycles. The summed E-state index contributed by atoms with van der Waals surface area (Å²) in [5, 5.41) is 14.7. The van der Waals surface area contributed by atoms with Crippen LogP contribution in [-0.2, 0) is 6.18 Å². The number of aliphatic hydroxyl groups is 1. The number of rotatable bonds is 3. The summed E-state index contributed by atoms with van der Waals surface area (Å²) in [5.41, 5.74) is -3.09. The highest BCUT2D eigenvalue weighted by Gasteiger charge is 2.35. The van der Waals surface area contributed by atoms with Gasteiger partial charge in [0.05, 0.1) is 16.9 Å². The number of hydrogen-bond donors (Lipinski definition) is 3. The maximum atomic E-state index is 13.8. The van der Waals surface area contributed by atoms with Crippen molar-refractivity contribution in [3.8, 4) is 0 Å². The summed E-state index contributed by atoms with van der Waals surface area (Å²) in [6, 6.07) is 1.76. The molecule has 9 heteroatoms. The maximum absolute atomic E-state index is 13.8. The molecule has 0 saturated carbocycles. The Morgan fingerprint density at radius 2 is 1.96 bits per heavy atom. The van der Waals surface area contributed by atoms with E-state index in [2.05, 4.69) is 5.32 Å². The molecule has 134 valence electrons. The SMILES string of the molecule is CN1CCC(O)(CNC(=O)Nc2cccc(C(F)(F)F)c2F)CC1. The van der Waals surface area contributed by atoms with Crippen LogP contribution in [0.4, 0.5) is 28.0 Å². The minimum absolute atomic E-state index is 0.0622. The van der Waals surface area contributed by atoms with Crippen molar-refractivity contribution in [3.63, 3.8) is 0 Å². The molecule has 0 unspecified atom stereocenters. The van der Waals surface area contributed by atoms with Crippen molar-refractivity contribution >= 4 is 11.7 Å². The second-order valence-corrected chi connectivity index (χ2v) is 6.00. The van der Waals surface area contributed by atoms with Crippen LogP contribution < -0.4 is 10.6 Å². The van der Waals surface area contributed by atoms with E-state index in [1.165, 1.54) is 0 Å². The van der Waals surface area contributed by atoms with E-state index in [1.807, 2.05) is 17.3 Å². The lowest BCUT2D eigenvalue weighted by atomic mass is 9.92. The fourth-order valence-electron chi connectivity index (χ4n) is 2.47. The third-order valence-corrected chi connectivity index (χ3v) is 4.05. The summed E-state index contributed by atoms with van der Waals surface area (Å²) >= 11 is 0. The lowest BCUT2D eigenvalue weighted by Gasteiger charge is -2.36. The average molecular weight is 349 g/mol. The number of nitrogens with one attached hydrogen (secondary N) is 2. The average Bonchev–Trinajstić information content (AvgIpc) is 2.50. The van der Waals surface area contributed by atoms with Crippen LogP contribution in [0.25, 0.3) is 0 Å². The van der Waals surface area contributed by atoms with E-state index in [1.54, 1.807) is 0 Å². The van der Waals surface area contributed by atoms with E-state index in [4.69, 9.17) is 0 Å². The highest BCUT2D eigenvalue weighted by Crippen LogP contribution is 2.33. The molecular formula is C15H19F4N3O2. The molecule has 1 saturated heterocycles. The van der Waals surface area contributed by atoms with Gasteiger partial charge in [0.15, 0.2) is 5.82 Å². The van der Waals surface area contributed by atoms with Gasteiger partial charge in [0.2, 0.25) is 0 Å². The minimum Gasteiger partial charge on any atom is -0.388 e. The lowest BCUT2D eigenvalue weighted by molar-refractivity contribution is -0.139. The van der Waals surface area contributed by atoms with Gasteiger partial charge in [0, 0.05) is 19.6 Å². The quantitative estimate of drug-likeness (QED) is 0.735. The summed E-state index contributed by atoms with van der Waals surface area (Å²) in [7, 11) is 1.91. The number of urea groups is 1. The number of halogens is 4. The van der Waals surface area contributed by atoms with Gasteiger partial charge in [-0.05, 0) is 32.0 Å². The Kier molecular flexibility index (Phi) is 5.34. The Morgan fingerprint density at radius 1 is 1.33 bits per heavy atom. The molecule has 2 rings (SSSR count). The molecule has 1 aliphatic rings.